The van der Waals surface area contributed by atoms with Gasteiger partial charge in [0, 0.05) is 31.2 Å². The largest absolute Gasteiger partial charge is 0.325 e. The SMILES string of the molecule is O=C(Nc1ccncc1)N1CCC(CS(=O)(=O)c2cccc(F)c2)CC1. The number of halogens is 1. The number of amides is 2. The Hall–Kier alpha value is -2.48. The molecular formula is C18H20FN3O3S. The van der Waals surface area contributed by atoms with Gasteiger partial charge in [0.2, 0.25) is 0 Å². The lowest BCUT2D eigenvalue weighted by molar-refractivity contribution is 0.187. The quantitative estimate of drug-likeness (QED) is 0.888. The topological polar surface area (TPSA) is 79.4 Å². The fourth-order valence-electron chi connectivity index (χ4n) is 3.01. The zero-order chi connectivity index (χ0) is 18.6. The van der Waals surface area contributed by atoms with Crippen molar-refractivity contribution in [3.63, 3.8) is 0 Å². The van der Waals surface area contributed by atoms with Crippen LogP contribution in [0, 0.1) is 11.7 Å². The number of piperidine rings is 1. The molecule has 8 heteroatoms. The van der Waals surface area contributed by atoms with Crippen molar-refractivity contribution in [3.8, 4) is 0 Å². The Morgan fingerprint density at radius 2 is 1.88 bits per heavy atom. The summed E-state index contributed by atoms with van der Waals surface area (Å²) in [7, 11) is -3.53. The van der Waals surface area contributed by atoms with Crippen LogP contribution in [-0.4, -0.2) is 43.2 Å². The van der Waals surface area contributed by atoms with E-state index < -0.39 is 15.7 Å². The summed E-state index contributed by atoms with van der Waals surface area (Å²) < 4.78 is 38.2. The molecule has 0 atom stereocenters. The lowest BCUT2D eigenvalue weighted by Crippen LogP contribution is -2.42. The van der Waals surface area contributed by atoms with E-state index in [4.69, 9.17) is 0 Å². The van der Waals surface area contributed by atoms with E-state index in [1.165, 1.54) is 18.2 Å². The van der Waals surface area contributed by atoms with Gasteiger partial charge in [0.05, 0.1) is 10.6 Å². The molecule has 138 valence electrons. The monoisotopic (exact) mass is 377 g/mol. The minimum Gasteiger partial charge on any atom is -0.325 e. The summed E-state index contributed by atoms with van der Waals surface area (Å²) >= 11 is 0. The predicted octanol–water partition coefficient (Wildman–Crippen LogP) is 2.94. The van der Waals surface area contributed by atoms with Crippen molar-refractivity contribution in [1.29, 1.82) is 0 Å². The summed E-state index contributed by atoms with van der Waals surface area (Å²) in [5, 5.41) is 2.79. The molecule has 0 radical (unpaired) electrons. The summed E-state index contributed by atoms with van der Waals surface area (Å²) in [6.07, 6.45) is 4.38. The molecule has 3 rings (SSSR count). The molecule has 0 spiro atoms. The highest BCUT2D eigenvalue weighted by atomic mass is 32.2. The number of anilines is 1. The number of carbonyl (C=O) groups excluding carboxylic acids is 1. The molecule has 1 saturated heterocycles. The highest BCUT2D eigenvalue weighted by Crippen LogP contribution is 2.23. The van der Waals surface area contributed by atoms with Crippen LogP contribution in [0.2, 0.25) is 0 Å². The highest BCUT2D eigenvalue weighted by molar-refractivity contribution is 7.91. The highest BCUT2D eigenvalue weighted by Gasteiger charge is 2.27. The molecule has 0 aliphatic carbocycles. The number of pyridine rings is 1. The van der Waals surface area contributed by atoms with Gasteiger partial charge in [-0.1, -0.05) is 6.07 Å². The number of nitrogens with one attached hydrogen (secondary N) is 1. The molecule has 2 heterocycles. The molecule has 1 aromatic heterocycles. The van der Waals surface area contributed by atoms with Crippen molar-refractivity contribution >= 4 is 21.6 Å². The molecule has 0 bridgehead atoms. The van der Waals surface area contributed by atoms with Crippen LogP contribution in [0.3, 0.4) is 0 Å². The van der Waals surface area contributed by atoms with Gasteiger partial charge in [-0.3, -0.25) is 4.98 Å². The number of hydrogen-bond donors (Lipinski definition) is 1. The molecule has 1 aliphatic heterocycles. The molecule has 1 fully saturated rings. The number of rotatable bonds is 4. The lowest BCUT2D eigenvalue weighted by Gasteiger charge is -2.31. The number of aromatic nitrogens is 1. The first-order valence-corrected chi connectivity index (χ1v) is 10.0. The van der Waals surface area contributed by atoms with Gasteiger partial charge in [-0.05, 0) is 49.1 Å². The van der Waals surface area contributed by atoms with E-state index in [9.17, 15) is 17.6 Å². The summed E-state index contributed by atoms with van der Waals surface area (Å²) in [5.41, 5.74) is 0.667. The number of hydrogen-bond acceptors (Lipinski definition) is 4. The second-order valence-corrected chi connectivity index (χ2v) is 8.37. The summed E-state index contributed by atoms with van der Waals surface area (Å²) in [5.74, 6) is -0.641. The van der Waals surface area contributed by atoms with Gasteiger partial charge < -0.3 is 10.2 Å². The van der Waals surface area contributed by atoms with E-state index in [1.807, 2.05) is 0 Å². The van der Waals surface area contributed by atoms with E-state index in [-0.39, 0.29) is 22.6 Å². The zero-order valence-electron chi connectivity index (χ0n) is 14.1. The van der Waals surface area contributed by atoms with Crippen LogP contribution in [0.1, 0.15) is 12.8 Å². The molecule has 1 aromatic carbocycles. The van der Waals surface area contributed by atoms with Gasteiger partial charge in [0.15, 0.2) is 9.84 Å². The van der Waals surface area contributed by atoms with E-state index >= 15 is 0 Å². The van der Waals surface area contributed by atoms with E-state index in [0.717, 1.165) is 6.07 Å². The maximum absolute atomic E-state index is 13.3. The fraction of sp³-hybridized carbons (Fsp3) is 0.333. The molecular weight excluding hydrogens is 357 g/mol. The van der Waals surface area contributed by atoms with Crippen molar-refractivity contribution in [2.45, 2.75) is 17.7 Å². The maximum Gasteiger partial charge on any atom is 0.321 e. The van der Waals surface area contributed by atoms with Gasteiger partial charge in [-0.15, -0.1) is 0 Å². The van der Waals surface area contributed by atoms with Crippen LogP contribution < -0.4 is 5.32 Å². The molecule has 6 nitrogen and oxygen atoms in total. The second kappa shape index (κ2) is 7.82. The van der Waals surface area contributed by atoms with Gasteiger partial charge in [0.1, 0.15) is 5.82 Å². The Morgan fingerprint density at radius 1 is 1.19 bits per heavy atom. The third-order valence-electron chi connectivity index (χ3n) is 4.44. The van der Waals surface area contributed by atoms with Crippen LogP contribution >= 0.6 is 0 Å². The second-order valence-electron chi connectivity index (χ2n) is 6.34. The Labute approximate surface area is 152 Å². The van der Waals surface area contributed by atoms with Crippen molar-refractivity contribution in [3.05, 3.63) is 54.6 Å². The van der Waals surface area contributed by atoms with Crippen LogP contribution in [0.15, 0.2) is 53.7 Å². The van der Waals surface area contributed by atoms with Crippen molar-refractivity contribution < 1.29 is 17.6 Å². The normalized spacial score (nSPS) is 15.7. The van der Waals surface area contributed by atoms with Crippen molar-refractivity contribution in [1.82, 2.24) is 9.88 Å². The third kappa shape index (κ3) is 4.57. The lowest BCUT2D eigenvalue weighted by atomic mass is 9.99. The Kier molecular flexibility index (Phi) is 5.51. The van der Waals surface area contributed by atoms with Crippen molar-refractivity contribution in [2.24, 2.45) is 5.92 Å². The minimum absolute atomic E-state index is 0.00959. The first-order valence-electron chi connectivity index (χ1n) is 8.38. The smallest absolute Gasteiger partial charge is 0.321 e. The Bertz CT molecular complexity index is 866. The van der Waals surface area contributed by atoms with Crippen LogP contribution in [0.5, 0.6) is 0 Å². The van der Waals surface area contributed by atoms with Crippen molar-refractivity contribution in [2.75, 3.05) is 24.2 Å². The van der Waals surface area contributed by atoms with Gasteiger partial charge in [0.25, 0.3) is 0 Å². The van der Waals surface area contributed by atoms with E-state index in [2.05, 4.69) is 10.3 Å². The molecule has 2 aromatic rings. The number of nitrogens with zero attached hydrogens (tertiary/aromatic N) is 2. The summed E-state index contributed by atoms with van der Waals surface area (Å²) in [6, 6.07) is 8.28. The number of urea groups is 1. The molecule has 1 N–H and O–H groups in total. The van der Waals surface area contributed by atoms with Crippen LogP contribution in [-0.2, 0) is 9.84 Å². The molecule has 0 unspecified atom stereocenters. The fourth-order valence-corrected chi connectivity index (χ4v) is 4.73. The minimum atomic E-state index is -3.53. The first kappa shape index (κ1) is 18.3. The first-order chi connectivity index (χ1) is 12.4. The van der Waals surface area contributed by atoms with Crippen LogP contribution in [0.25, 0.3) is 0 Å². The number of benzene rings is 1. The molecule has 0 saturated carbocycles. The number of likely N-dealkylation sites (tertiary alicyclic amines) is 1. The molecule has 26 heavy (non-hydrogen) atoms. The Balaban J connectivity index is 1.54. The van der Waals surface area contributed by atoms with E-state index in [1.54, 1.807) is 29.4 Å². The number of sulfone groups is 1. The third-order valence-corrected chi connectivity index (χ3v) is 6.33. The summed E-state index contributed by atoms with van der Waals surface area (Å²) in [4.78, 5) is 17.8. The van der Waals surface area contributed by atoms with Gasteiger partial charge in [-0.2, -0.15) is 0 Å². The van der Waals surface area contributed by atoms with Crippen LogP contribution in [0.4, 0.5) is 14.9 Å². The predicted molar refractivity (Wildman–Crippen MR) is 96.0 cm³/mol. The average Bonchev–Trinajstić information content (AvgIpc) is 2.63. The zero-order valence-corrected chi connectivity index (χ0v) is 15.0. The standard InChI is InChI=1S/C18H20FN3O3S/c19-15-2-1-3-17(12-15)26(24,25)13-14-6-10-22(11-7-14)18(23)21-16-4-8-20-9-5-16/h1-5,8-9,12,14H,6-7,10-11,13H2,(H,20,21,23). The summed E-state index contributed by atoms with van der Waals surface area (Å²) in [6.45, 7) is 0.973. The van der Waals surface area contributed by atoms with E-state index in [0.29, 0.717) is 31.6 Å². The molecule has 1 aliphatic rings. The number of carbonyl (C=O) groups is 1. The maximum atomic E-state index is 13.3. The Morgan fingerprint density at radius 3 is 2.54 bits per heavy atom. The van der Waals surface area contributed by atoms with Gasteiger partial charge >= 0.3 is 6.03 Å². The molecule has 2 amide bonds. The average molecular weight is 377 g/mol. The van der Waals surface area contributed by atoms with Gasteiger partial charge in [-0.25, -0.2) is 17.6 Å².